The summed E-state index contributed by atoms with van der Waals surface area (Å²) in [4.78, 5) is 14.2. The van der Waals surface area contributed by atoms with Crippen molar-refractivity contribution in [3.8, 4) is 0 Å². The molecule has 1 amide bonds. The molecule has 0 saturated carbocycles. The Hall–Kier alpha value is -1.05. The molecule has 7 heteroatoms. The van der Waals surface area contributed by atoms with Crippen molar-refractivity contribution in [2.24, 2.45) is 5.73 Å². The molecular formula is C14H20N2O3S2. The van der Waals surface area contributed by atoms with Gasteiger partial charge in [-0.3, -0.25) is 4.79 Å². The SMILES string of the molecule is CC(N)(C(=O)N1CCSCC1S(C)(=O)=O)c1ccccc1. The molecule has 1 heterocycles. The highest BCUT2D eigenvalue weighted by molar-refractivity contribution is 8.00. The molecule has 2 atom stereocenters. The molecular weight excluding hydrogens is 308 g/mol. The van der Waals surface area contributed by atoms with Gasteiger partial charge in [-0.05, 0) is 12.5 Å². The molecule has 1 aliphatic heterocycles. The van der Waals surface area contributed by atoms with Gasteiger partial charge in [0.1, 0.15) is 10.9 Å². The predicted molar refractivity (Wildman–Crippen MR) is 85.7 cm³/mol. The molecule has 1 aliphatic rings. The summed E-state index contributed by atoms with van der Waals surface area (Å²) in [6, 6.07) is 9.04. The quantitative estimate of drug-likeness (QED) is 0.888. The van der Waals surface area contributed by atoms with Crippen molar-refractivity contribution in [2.75, 3.05) is 24.3 Å². The minimum absolute atomic E-state index is 0.343. The summed E-state index contributed by atoms with van der Waals surface area (Å²) < 4.78 is 23.8. The number of benzene rings is 1. The van der Waals surface area contributed by atoms with Crippen molar-refractivity contribution in [2.45, 2.75) is 17.8 Å². The van der Waals surface area contributed by atoms with Gasteiger partial charge in [-0.15, -0.1) is 0 Å². The van der Waals surface area contributed by atoms with E-state index >= 15 is 0 Å². The average Bonchev–Trinajstić information content (AvgIpc) is 2.46. The fourth-order valence-electron chi connectivity index (χ4n) is 2.37. The van der Waals surface area contributed by atoms with Crippen LogP contribution in [-0.4, -0.2) is 48.9 Å². The maximum Gasteiger partial charge on any atom is 0.248 e. The smallest absolute Gasteiger partial charge is 0.248 e. The number of carbonyl (C=O) groups excluding carboxylic acids is 1. The summed E-state index contributed by atoms with van der Waals surface area (Å²) in [5, 5.41) is -0.796. The number of nitrogens with two attached hydrogens (primary N) is 1. The van der Waals surface area contributed by atoms with E-state index in [9.17, 15) is 13.2 Å². The normalized spacial score (nSPS) is 22.6. The van der Waals surface area contributed by atoms with E-state index in [2.05, 4.69) is 0 Å². The van der Waals surface area contributed by atoms with Crippen molar-refractivity contribution >= 4 is 27.5 Å². The molecule has 1 aromatic carbocycles. The van der Waals surface area contributed by atoms with Crippen LogP contribution in [0.15, 0.2) is 30.3 Å². The molecule has 0 bridgehead atoms. The molecule has 116 valence electrons. The van der Waals surface area contributed by atoms with Gasteiger partial charge in [-0.1, -0.05) is 30.3 Å². The van der Waals surface area contributed by atoms with E-state index in [4.69, 9.17) is 5.73 Å². The first-order valence-corrected chi connectivity index (χ1v) is 9.77. The zero-order valence-electron chi connectivity index (χ0n) is 12.2. The minimum Gasteiger partial charge on any atom is -0.322 e. The Morgan fingerprint density at radius 2 is 2.00 bits per heavy atom. The topological polar surface area (TPSA) is 80.5 Å². The third-order valence-electron chi connectivity index (χ3n) is 3.66. The number of thioether (sulfide) groups is 1. The minimum atomic E-state index is -3.33. The lowest BCUT2D eigenvalue weighted by molar-refractivity contribution is -0.137. The Morgan fingerprint density at radius 1 is 1.38 bits per heavy atom. The van der Waals surface area contributed by atoms with Gasteiger partial charge in [0.2, 0.25) is 5.91 Å². The van der Waals surface area contributed by atoms with E-state index < -0.39 is 20.8 Å². The molecule has 1 fully saturated rings. The first-order valence-electron chi connectivity index (χ1n) is 6.66. The number of hydrogen-bond donors (Lipinski definition) is 1. The maximum atomic E-state index is 12.8. The second-order valence-corrected chi connectivity index (χ2v) is 8.78. The second-order valence-electron chi connectivity index (χ2n) is 5.43. The van der Waals surface area contributed by atoms with Crippen LogP contribution < -0.4 is 5.73 Å². The van der Waals surface area contributed by atoms with Crippen molar-refractivity contribution in [1.82, 2.24) is 4.90 Å². The van der Waals surface area contributed by atoms with Crippen LogP contribution in [0.2, 0.25) is 0 Å². The highest BCUT2D eigenvalue weighted by atomic mass is 32.2. The van der Waals surface area contributed by atoms with Gasteiger partial charge in [0.25, 0.3) is 0 Å². The van der Waals surface area contributed by atoms with Gasteiger partial charge in [-0.2, -0.15) is 11.8 Å². The molecule has 2 N–H and O–H groups in total. The zero-order chi connectivity index (χ0) is 15.7. The molecule has 21 heavy (non-hydrogen) atoms. The Labute approximate surface area is 129 Å². The fraction of sp³-hybridized carbons (Fsp3) is 0.500. The molecule has 2 unspecified atom stereocenters. The molecule has 1 aromatic rings. The predicted octanol–water partition coefficient (Wildman–Crippen LogP) is 0.807. The summed E-state index contributed by atoms with van der Waals surface area (Å²) in [6.07, 6.45) is 1.17. The summed E-state index contributed by atoms with van der Waals surface area (Å²) in [6.45, 7) is 2.03. The number of hydrogen-bond acceptors (Lipinski definition) is 5. The van der Waals surface area contributed by atoms with Crippen LogP contribution >= 0.6 is 11.8 Å². The van der Waals surface area contributed by atoms with E-state index in [0.29, 0.717) is 17.9 Å². The highest BCUT2D eigenvalue weighted by Gasteiger charge is 2.41. The largest absolute Gasteiger partial charge is 0.322 e. The Kier molecular flexibility index (Phi) is 4.65. The summed E-state index contributed by atoms with van der Waals surface area (Å²) in [7, 11) is -3.33. The fourth-order valence-corrected chi connectivity index (χ4v) is 5.19. The van der Waals surface area contributed by atoms with E-state index in [0.717, 1.165) is 5.75 Å². The summed E-state index contributed by atoms with van der Waals surface area (Å²) in [5.74, 6) is 0.780. The Morgan fingerprint density at radius 3 is 2.57 bits per heavy atom. The molecule has 5 nitrogen and oxygen atoms in total. The second kappa shape index (κ2) is 5.98. The zero-order valence-corrected chi connectivity index (χ0v) is 13.8. The van der Waals surface area contributed by atoms with Crippen LogP contribution in [0.5, 0.6) is 0 Å². The van der Waals surface area contributed by atoms with Crippen LogP contribution in [0.3, 0.4) is 0 Å². The lowest BCUT2D eigenvalue weighted by atomic mass is 9.91. The van der Waals surface area contributed by atoms with E-state index in [1.807, 2.05) is 18.2 Å². The average molecular weight is 328 g/mol. The van der Waals surface area contributed by atoms with Gasteiger partial charge in [0, 0.05) is 24.3 Å². The molecule has 0 aliphatic carbocycles. The van der Waals surface area contributed by atoms with Crippen LogP contribution in [0.1, 0.15) is 12.5 Å². The van der Waals surface area contributed by atoms with Gasteiger partial charge < -0.3 is 10.6 Å². The van der Waals surface area contributed by atoms with E-state index in [1.165, 1.54) is 11.2 Å². The van der Waals surface area contributed by atoms with Crippen LogP contribution in [0, 0.1) is 0 Å². The monoisotopic (exact) mass is 328 g/mol. The molecule has 0 aromatic heterocycles. The maximum absolute atomic E-state index is 12.8. The Balaban J connectivity index is 2.33. The van der Waals surface area contributed by atoms with E-state index in [-0.39, 0.29) is 5.91 Å². The number of sulfone groups is 1. The molecule has 0 radical (unpaired) electrons. The van der Waals surface area contributed by atoms with Crippen molar-refractivity contribution < 1.29 is 13.2 Å². The molecule has 1 saturated heterocycles. The number of rotatable bonds is 3. The highest BCUT2D eigenvalue weighted by Crippen LogP contribution is 2.27. The number of carbonyl (C=O) groups is 1. The Bertz CT molecular complexity index is 614. The third-order valence-corrected chi connectivity index (χ3v) is 6.30. The van der Waals surface area contributed by atoms with E-state index in [1.54, 1.807) is 30.8 Å². The van der Waals surface area contributed by atoms with Crippen LogP contribution in [0.4, 0.5) is 0 Å². The van der Waals surface area contributed by atoms with Gasteiger partial charge in [-0.25, -0.2) is 8.42 Å². The number of amides is 1. The van der Waals surface area contributed by atoms with Crippen molar-refractivity contribution in [1.29, 1.82) is 0 Å². The van der Waals surface area contributed by atoms with Crippen LogP contribution in [0.25, 0.3) is 0 Å². The first kappa shape index (κ1) is 16.3. The van der Waals surface area contributed by atoms with Crippen molar-refractivity contribution in [3.63, 3.8) is 0 Å². The first-order chi connectivity index (χ1) is 9.74. The van der Waals surface area contributed by atoms with Gasteiger partial charge >= 0.3 is 0 Å². The van der Waals surface area contributed by atoms with Crippen molar-refractivity contribution in [3.05, 3.63) is 35.9 Å². The summed E-state index contributed by atoms with van der Waals surface area (Å²) in [5.41, 5.74) is 5.68. The standard InChI is InChI=1S/C14H20N2O3S2/c1-14(15,11-6-4-3-5-7-11)13(17)16-8-9-20-10-12(16)21(2,18)19/h3-7,12H,8-10,15H2,1-2H3. The van der Waals surface area contributed by atoms with Gasteiger partial charge in [0.15, 0.2) is 9.84 Å². The lowest BCUT2D eigenvalue weighted by Gasteiger charge is -2.39. The molecule has 0 spiro atoms. The number of nitrogens with zero attached hydrogens (tertiary/aromatic N) is 1. The van der Waals surface area contributed by atoms with Gasteiger partial charge in [0.05, 0.1) is 0 Å². The van der Waals surface area contributed by atoms with Crippen LogP contribution in [-0.2, 0) is 20.2 Å². The lowest BCUT2D eigenvalue weighted by Crippen LogP contribution is -2.58. The summed E-state index contributed by atoms with van der Waals surface area (Å²) >= 11 is 1.54. The molecule has 2 rings (SSSR count). The third kappa shape index (κ3) is 3.41.